The Labute approximate surface area is 143 Å². The Morgan fingerprint density at radius 2 is 1.29 bits per heavy atom. The van der Waals surface area contributed by atoms with E-state index in [1.54, 1.807) is 0 Å². The van der Waals surface area contributed by atoms with Crippen LogP contribution in [0.2, 0.25) is 0 Å². The quantitative estimate of drug-likeness (QED) is 0.558. The van der Waals surface area contributed by atoms with Gasteiger partial charge in [-0.05, 0) is 71.7 Å². The summed E-state index contributed by atoms with van der Waals surface area (Å²) in [7, 11) is 0. The molecule has 0 N–H and O–H groups in total. The summed E-state index contributed by atoms with van der Waals surface area (Å²) in [6, 6.07) is 25.8. The summed E-state index contributed by atoms with van der Waals surface area (Å²) in [5, 5.41) is 0. The number of pyridine rings is 1. The van der Waals surface area contributed by atoms with Crippen LogP contribution in [-0.4, -0.2) is 4.98 Å². The van der Waals surface area contributed by atoms with Gasteiger partial charge in [-0.15, -0.1) is 0 Å². The monoisotopic (exact) mass is 311 g/mol. The SMILES string of the molecule is c1ccc(-c2cccc(C3=C(c4ccccn4)CCCC3)c2)cc1. The predicted molar refractivity (Wildman–Crippen MR) is 101 cm³/mol. The number of benzene rings is 2. The van der Waals surface area contributed by atoms with Crippen molar-refractivity contribution >= 4 is 11.1 Å². The van der Waals surface area contributed by atoms with E-state index in [4.69, 9.17) is 0 Å². The second-order valence-electron chi connectivity index (χ2n) is 6.33. The standard InChI is InChI=1S/C23H21N/c1-2-9-18(10-3-1)19-11-8-12-20(17-19)21-13-4-5-14-22(21)23-15-6-7-16-24-23/h1-3,6-12,15-17H,4-5,13-14H2. The molecule has 0 saturated carbocycles. The predicted octanol–water partition coefficient (Wildman–Crippen LogP) is 6.23. The maximum absolute atomic E-state index is 4.60. The topological polar surface area (TPSA) is 12.9 Å². The van der Waals surface area contributed by atoms with Crippen LogP contribution in [0, 0.1) is 0 Å². The molecule has 1 heterocycles. The van der Waals surface area contributed by atoms with Gasteiger partial charge in [0.25, 0.3) is 0 Å². The fraction of sp³-hybridized carbons (Fsp3) is 0.174. The van der Waals surface area contributed by atoms with Crippen LogP contribution in [0.25, 0.3) is 22.3 Å². The van der Waals surface area contributed by atoms with Crippen molar-refractivity contribution in [1.82, 2.24) is 4.98 Å². The lowest BCUT2D eigenvalue weighted by Crippen LogP contribution is -2.01. The van der Waals surface area contributed by atoms with Crippen molar-refractivity contribution in [3.8, 4) is 11.1 Å². The van der Waals surface area contributed by atoms with Gasteiger partial charge in [-0.25, -0.2) is 0 Å². The lowest BCUT2D eigenvalue weighted by atomic mass is 9.85. The highest BCUT2D eigenvalue weighted by atomic mass is 14.7. The van der Waals surface area contributed by atoms with Crippen LogP contribution in [-0.2, 0) is 0 Å². The van der Waals surface area contributed by atoms with Crippen LogP contribution >= 0.6 is 0 Å². The Morgan fingerprint density at radius 1 is 0.583 bits per heavy atom. The van der Waals surface area contributed by atoms with Gasteiger partial charge in [0.1, 0.15) is 0 Å². The molecule has 0 spiro atoms. The Hall–Kier alpha value is -2.67. The second kappa shape index (κ2) is 6.84. The zero-order chi connectivity index (χ0) is 16.2. The molecule has 1 aliphatic rings. The molecule has 0 amide bonds. The largest absolute Gasteiger partial charge is 0.257 e. The van der Waals surface area contributed by atoms with Crippen molar-refractivity contribution in [3.63, 3.8) is 0 Å². The average molecular weight is 311 g/mol. The van der Waals surface area contributed by atoms with Gasteiger partial charge in [0.15, 0.2) is 0 Å². The molecule has 0 saturated heterocycles. The van der Waals surface area contributed by atoms with Crippen LogP contribution in [0.15, 0.2) is 79.0 Å². The minimum absolute atomic E-state index is 1.13. The highest BCUT2D eigenvalue weighted by Crippen LogP contribution is 2.38. The van der Waals surface area contributed by atoms with E-state index in [2.05, 4.69) is 71.7 Å². The van der Waals surface area contributed by atoms with Crippen molar-refractivity contribution in [2.75, 3.05) is 0 Å². The second-order valence-corrected chi connectivity index (χ2v) is 6.33. The van der Waals surface area contributed by atoms with Crippen molar-refractivity contribution in [3.05, 3.63) is 90.3 Å². The third-order valence-electron chi connectivity index (χ3n) is 4.76. The summed E-state index contributed by atoms with van der Waals surface area (Å²) in [6.07, 6.45) is 6.69. The van der Waals surface area contributed by atoms with E-state index in [-0.39, 0.29) is 0 Å². The molecular formula is C23H21N. The lowest BCUT2D eigenvalue weighted by molar-refractivity contribution is 0.751. The van der Waals surface area contributed by atoms with Crippen molar-refractivity contribution in [2.24, 2.45) is 0 Å². The maximum atomic E-state index is 4.60. The Morgan fingerprint density at radius 3 is 2.08 bits per heavy atom. The molecule has 1 aliphatic carbocycles. The zero-order valence-electron chi connectivity index (χ0n) is 13.8. The van der Waals surface area contributed by atoms with Crippen LogP contribution in [0.5, 0.6) is 0 Å². The molecular weight excluding hydrogens is 290 g/mol. The van der Waals surface area contributed by atoms with Gasteiger partial charge < -0.3 is 0 Å². The van der Waals surface area contributed by atoms with Gasteiger partial charge in [0, 0.05) is 6.20 Å². The first-order chi connectivity index (χ1) is 11.9. The molecule has 24 heavy (non-hydrogen) atoms. The summed E-state index contributed by atoms with van der Waals surface area (Å²) in [4.78, 5) is 4.60. The highest BCUT2D eigenvalue weighted by Gasteiger charge is 2.17. The molecule has 0 fully saturated rings. The summed E-state index contributed by atoms with van der Waals surface area (Å²) >= 11 is 0. The summed E-state index contributed by atoms with van der Waals surface area (Å²) in [5.74, 6) is 0. The van der Waals surface area contributed by atoms with E-state index < -0.39 is 0 Å². The molecule has 0 radical (unpaired) electrons. The van der Waals surface area contributed by atoms with Gasteiger partial charge in [-0.1, -0.05) is 54.6 Å². The fourth-order valence-corrected chi connectivity index (χ4v) is 3.56. The molecule has 2 aromatic carbocycles. The highest BCUT2D eigenvalue weighted by molar-refractivity contribution is 5.91. The molecule has 1 aromatic heterocycles. The first-order valence-electron chi connectivity index (χ1n) is 8.71. The Balaban J connectivity index is 1.80. The molecule has 0 aliphatic heterocycles. The van der Waals surface area contributed by atoms with E-state index >= 15 is 0 Å². The minimum Gasteiger partial charge on any atom is -0.257 e. The number of hydrogen-bond donors (Lipinski definition) is 0. The van der Waals surface area contributed by atoms with Gasteiger partial charge in [0.2, 0.25) is 0 Å². The van der Waals surface area contributed by atoms with E-state index in [9.17, 15) is 0 Å². The number of aromatic nitrogens is 1. The fourth-order valence-electron chi connectivity index (χ4n) is 3.56. The summed E-state index contributed by atoms with van der Waals surface area (Å²) in [5.41, 5.74) is 7.93. The van der Waals surface area contributed by atoms with Crippen LogP contribution in [0.3, 0.4) is 0 Å². The first-order valence-corrected chi connectivity index (χ1v) is 8.71. The number of hydrogen-bond acceptors (Lipinski definition) is 1. The van der Waals surface area contributed by atoms with Crippen LogP contribution < -0.4 is 0 Å². The smallest absolute Gasteiger partial charge is 0.0664 e. The summed E-state index contributed by atoms with van der Waals surface area (Å²) in [6.45, 7) is 0. The molecule has 0 unspecified atom stereocenters. The molecule has 1 heteroatoms. The molecule has 4 rings (SSSR count). The lowest BCUT2D eigenvalue weighted by Gasteiger charge is -2.21. The average Bonchev–Trinajstić information content (AvgIpc) is 2.69. The molecule has 0 atom stereocenters. The third-order valence-corrected chi connectivity index (χ3v) is 4.76. The Bertz CT molecular complexity index is 847. The third kappa shape index (κ3) is 3.03. The minimum atomic E-state index is 1.13. The summed E-state index contributed by atoms with van der Waals surface area (Å²) < 4.78 is 0. The van der Waals surface area contributed by atoms with Gasteiger partial charge in [-0.2, -0.15) is 0 Å². The number of nitrogens with zero attached hydrogens (tertiary/aromatic N) is 1. The van der Waals surface area contributed by atoms with E-state index in [1.165, 1.54) is 40.7 Å². The molecule has 3 aromatic rings. The Kier molecular flexibility index (Phi) is 4.24. The van der Waals surface area contributed by atoms with Crippen molar-refractivity contribution in [2.45, 2.75) is 25.7 Å². The number of allylic oxidation sites excluding steroid dienone is 2. The first kappa shape index (κ1) is 14.9. The van der Waals surface area contributed by atoms with Gasteiger partial charge >= 0.3 is 0 Å². The van der Waals surface area contributed by atoms with Crippen LogP contribution in [0.1, 0.15) is 36.9 Å². The molecule has 0 bridgehead atoms. The van der Waals surface area contributed by atoms with Gasteiger partial charge in [0.05, 0.1) is 5.69 Å². The van der Waals surface area contributed by atoms with Crippen LogP contribution in [0.4, 0.5) is 0 Å². The van der Waals surface area contributed by atoms with Gasteiger partial charge in [-0.3, -0.25) is 4.98 Å². The van der Waals surface area contributed by atoms with Crippen molar-refractivity contribution in [1.29, 1.82) is 0 Å². The number of rotatable bonds is 3. The zero-order valence-corrected chi connectivity index (χ0v) is 13.8. The maximum Gasteiger partial charge on any atom is 0.0664 e. The van der Waals surface area contributed by atoms with E-state index in [0.29, 0.717) is 0 Å². The van der Waals surface area contributed by atoms with E-state index in [1.807, 2.05) is 12.3 Å². The molecule has 118 valence electrons. The normalized spacial score (nSPS) is 14.7. The van der Waals surface area contributed by atoms with Crippen molar-refractivity contribution < 1.29 is 0 Å². The molecule has 1 nitrogen and oxygen atoms in total. The van der Waals surface area contributed by atoms with E-state index in [0.717, 1.165) is 18.5 Å².